The van der Waals surface area contributed by atoms with Crippen LogP contribution in [0, 0.1) is 0 Å². The van der Waals surface area contributed by atoms with Crippen LogP contribution >= 0.6 is 15.9 Å². The highest BCUT2D eigenvalue weighted by Gasteiger charge is 2.08. The van der Waals surface area contributed by atoms with E-state index >= 15 is 0 Å². The summed E-state index contributed by atoms with van der Waals surface area (Å²) in [6.07, 6.45) is 0.832. The smallest absolute Gasteiger partial charge is 0.0443 e. The Morgan fingerprint density at radius 2 is 2.17 bits per heavy atom. The number of aliphatic hydroxyl groups is 1. The summed E-state index contributed by atoms with van der Waals surface area (Å²) in [5, 5.41) is 8.67. The minimum atomic E-state index is 0.262. The van der Waals surface area contributed by atoms with Gasteiger partial charge in [0.1, 0.15) is 0 Å². The van der Waals surface area contributed by atoms with E-state index in [1.165, 1.54) is 0 Å². The topological polar surface area (TPSA) is 23.5 Å². The van der Waals surface area contributed by atoms with Gasteiger partial charge < -0.3 is 5.11 Å². The second-order valence-corrected chi connectivity index (χ2v) is 4.28. The Balaban J connectivity index is 3.78. The molecule has 0 amide bonds. The molecule has 0 aliphatic rings. The molecule has 0 unspecified atom stereocenters. The number of hydrogen-bond acceptors (Lipinski definition) is 2. The monoisotopic (exact) mass is 235 g/mol. The van der Waals surface area contributed by atoms with Crippen molar-refractivity contribution in [3.8, 4) is 0 Å². The van der Waals surface area contributed by atoms with Crippen LogP contribution in [0.2, 0.25) is 0 Å². The first kappa shape index (κ1) is 12.1. The molecule has 0 aromatic heterocycles. The fourth-order valence-electron chi connectivity index (χ4n) is 1.01. The van der Waals surface area contributed by atoms with E-state index < -0.39 is 0 Å². The molecular formula is C9H18BrNO. The fourth-order valence-corrected chi connectivity index (χ4v) is 1.34. The zero-order valence-corrected chi connectivity index (χ0v) is 9.47. The number of halogens is 1. The third-order valence-corrected chi connectivity index (χ3v) is 1.96. The summed E-state index contributed by atoms with van der Waals surface area (Å²) in [6, 6.07) is 0.505. The predicted octanol–water partition coefficient (Wildman–Crippen LogP) is 1.99. The number of hydrogen-bond donors (Lipinski definition) is 1. The molecule has 2 nitrogen and oxygen atoms in total. The summed E-state index contributed by atoms with van der Waals surface area (Å²) < 4.78 is 0.995. The quantitative estimate of drug-likeness (QED) is 0.762. The lowest BCUT2D eigenvalue weighted by Crippen LogP contribution is -2.33. The Labute approximate surface area is 83.4 Å². The molecule has 0 radical (unpaired) electrons. The molecule has 0 aromatic rings. The van der Waals surface area contributed by atoms with Crippen molar-refractivity contribution in [3.63, 3.8) is 0 Å². The lowest BCUT2D eigenvalue weighted by molar-refractivity contribution is 0.207. The average molecular weight is 236 g/mol. The van der Waals surface area contributed by atoms with Crippen LogP contribution < -0.4 is 0 Å². The molecular weight excluding hydrogens is 218 g/mol. The zero-order chi connectivity index (χ0) is 9.56. The summed E-state index contributed by atoms with van der Waals surface area (Å²) in [6.45, 7) is 10.1. The highest BCUT2D eigenvalue weighted by molar-refractivity contribution is 9.11. The van der Waals surface area contributed by atoms with Gasteiger partial charge in [-0.15, -0.1) is 0 Å². The molecule has 3 heteroatoms. The standard InChI is InChI=1S/C9H18BrNO/c1-8(2)11(5-4-6-12)7-9(3)10/h8,12H,3-7H2,1-2H3. The third-order valence-electron chi connectivity index (χ3n) is 1.71. The van der Waals surface area contributed by atoms with Crippen molar-refractivity contribution in [2.75, 3.05) is 19.7 Å². The largest absolute Gasteiger partial charge is 0.396 e. The average Bonchev–Trinajstić information content (AvgIpc) is 1.96. The van der Waals surface area contributed by atoms with Gasteiger partial charge in [0.25, 0.3) is 0 Å². The van der Waals surface area contributed by atoms with Gasteiger partial charge in [-0.25, -0.2) is 0 Å². The number of nitrogens with zero attached hydrogens (tertiary/aromatic N) is 1. The maximum atomic E-state index is 8.67. The van der Waals surface area contributed by atoms with Crippen molar-refractivity contribution in [3.05, 3.63) is 11.1 Å². The van der Waals surface area contributed by atoms with Gasteiger partial charge >= 0.3 is 0 Å². The predicted molar refractivity (Wildman–Crippen MR) is 56.5 cm³/mol. The normalized spacial score (nSPS) is 11.2. The highest BCUT2D eigenvalue weighted by atomic mass is 79.9. The van der Waals surface area contributed by atoms with E-state index in [0.717, 1.165) is 24.0 Å². The molecule has 72 valence electrons. The second-order valence-electron chi connectivity index (χ2n) is 3.16. The van der Waals surface area contributed by atoms with Crippen LogP contribution in [0.3, 0.4) is 0 Å². The lowest BCUT2D eigenvalue weighted by atomic mass is 10.3. The van der Waals surface area contributed by atoms with Crippen LogP contribution in [0.4, 0.5) is 0 Å². The van der Waals surface area contributed by atoms with E-state index in [0.29, 0.717) is 6.04 Å². The molecule has 0 saturated carbocycles. The van der Waals surface area contributed by atoms with Crippen LogP contribution in [0.25, 0.3) is 0 Å². The minimum absolute atomic E-state index is 0.262. The summed E-state index contributed by atoms with van der Waals surface area (Å²) in [5.74, 6) is 0. The van der Waals surface area contributed by atoms with Crippen LogP contribution in [0.1, 0.15) is 20.3 Å². The lowest BCUT2D eigenvalue weighted by Gasteiger charge is -2.25. The van der Waals surface area contributed by atoms with E-state index in [1.54, 1.807) is 0 Å². The second kappa shape index (κ2) is 6.63. The maximum absolute atomic E-state index is 8.67. The Hall–Kier alpha value is 0.140. The Bertz CT molecular complexity index is 136. The molecule has 0 heterocycles. The summed E-state index contributed by atoms with van der Waals surface area (Å²) in [4.78, 5) is 2.27. The molecule has 0 fully saturated rings. The SMILES string of the molecule is C=C(Br)CN(CCCO)C(C)C. The van der Waals surface area contributed by atoms with Crippen LogP contribution in [-0.4, -0.2) is 35.7 Å². The maximum Gasteiger partial charge on any atom is 0.0443 e. The molecule has 0 saturated heterocycles. The molecule has 0 bridgehead atoms. The minimum Gasteiger partial charge on any atom is -0.396 e. The van der Waals surface area contributed by atoms with Gasteiger partial charge in [0.05, 0.1) is 0 Å². The molecule has 1 N–H and O–H groups in total. The Morgan fingerprint density at radius 3 is 2.50 bits per heavy atom. The van der Waals surface area contributed by atoms with Gasteiger partial charge in [0.2, 0.25) is 0 Å². The molecule has 12 heavy (non-hydrogen) atoms. The molecule has 0 aliphatic heterocycles. The van der Waals surface area contributed by atoms with Crippen molar-refractivity contribution in [1.82, 2.24) is 4.90 Å². The van der Waals surface area contributed by atoms with E-state index in [4.69, 9.17) is 5.11 Å². The van der Waals surface area contributed by atoms with Crippen molar-refractivity contribution >= 4 is 15.9 Å². The van der Waals surface area contributed by atoms with Crippen molar-refractivity contribution in [2.24, 2.45) is 0 Å². The first-order valence-electron chi connectivity index (χ1n) is 4.26. The Kier molecular flexibility index (Phi) is 6.71. The van der Waals surface area contributed by atoms with Gasteiger partial charge in [0, 0.05) is 30.2 Å². The van der Waals surface area contributed by atoms with Crippen molar-refractivity contribution < 1.29 is 5.11 Å². The molecule has 0 spiro atoms. The summed E-state index contributed by atoms with van der Waals surface area (Å²) >= 11 is 3.34. The number of aliphatic hydroxyl groups excluding tert-OH is 1. The fraction of sp³-hybridized carbons (Fsp3) is 0.778. The first-order chi connectivity index (χ1) is 5.57. The van der Waals surface area contributed by atoms with E-state index in [2.05, 4.69) is 41.3 Å². The van der Waals surface area contributed by atoms with Gasteiger partial charge in [-0.1, -0.05) is 22.5 Å². The molecule has 0 aliphatic carbocycles. The van der Waals surface area contributed by atoms with Gasteiger partial charge in [-0.2, -0.15) is 0 Å². The Morgan fingerprint density at radius 1 is 1.58 bits per heavy atom. The molecule has 0 rings (SSSR count). The third kappa shape index (κ3) is 5.75. The zero-order valence-electron chi connectivity index (χ0n) is 7.89. The van der Waals surface area contributed by atoms with Crippen LogP contribution in [-0.2, 0) is 0 Å². The van der Waals surface area contributed by atoms with Crippen molar-refractivity contribution in [2.45, 2.75) is 26.3 Å². The van der Waals surface area contributed by atoms with Crippen LogP contribution in [0.5, 0.6) is 0 Å². The van der Waals surface area contributed by atoms with Gasteiger partial charge in [0.15, 0.2) is 0 Å². The first-order valence-corrected chi connectivity index (χ1v) is 5.05. The number of rotatable bonds is 6. The van der Waals surface area contributed by atoms with E-state index in [1.807, 2.05) is 0 Å². The molecule has 0 aromatic carbocycles. The molecule has 0 atom stereocenters. The summed E-state index contributed by atoms with van der Waals surface area (Å²) in [7, 11) is 0. The highest BCUT2D eigenvalue weighted by Crippen LogP contribution is 2.08. The van der Waals surface area contributed by atoms with E-state index in [-0.39, 0.29) is 6.61 Å². The van der Waals surface area contributed by atoms with Gasteiger partial charge in [-0.05, 0) is 20.3 Å². The van der Waals surface area contributed by atoms with Crippen LogP contribution in [0.15, 0.2) is 11.1 Å². The summed E-state index contributed by atoms with van der Waals surface area (Å²) in [5.41, 5.74) is 0. The van der Waals surface area contributed by atoms with E-state index in [9.17, 15) is 0 Å². The van der Waals surface area contributed by atoms with Crippen molar-refractivity contribution in [1.29, 1.82) is 0 Å². The van der Waals surface area contributed by atoms with Gasteiger partial charge in [-0.3, -0.25) is 4.90 Å².